The van der Waals surface area contributed by atoms with E-state index in [0.717, 1.165) is 18.8 Å². The Morgan fingerprint density at radius 3 is 2.35 bits per heavy atom. The minimum Gasteiger partial charge on any atom is -0.497 e. The van der Waals surface area contributed by atoms with Gasteiger partial charge < -0.3 is 24.6 Å². The van der Waals surface area contributed by atoms with Crippen molar-refractivity contribution in [2.45, 2.75) is 0 Å². The summed E-state index contributed by atoms with van der Waals surface area (Å²) in [6.45, 7) is 2.61. The predicted molar refractivity (Wildman–Crippen MR) is 133 cm³/mol. The number of rotatable bonds is 7. The van der Waals surface area contributed by atoms with Crippen LogP contribution < -0.4 is 19.7 Å². The van der Waals surface area contributed by atoms with E-state index in [1.165, 1.54) is 0 Å². The zero-order chi connectivity index (χ0) is 23.9. The van der Waals surface area contributed by atoms with E-state index < -0.39 is 0 Å². The number of nitrogens with one attached hydrogen (secondary N) is 1. The smallest absolute Gasteiger partial charge is 0.262 e. The predicted octanol–water partition coefficient (Wildman–Crippen LogP) is 4.33. The minimum atomic E-state index is -0.286. The average molecular weight is 480 g/mol. The summed E-state index contributed by atoms with van der Waals surface area (Å²) in [7, 11) is 1.57. The van der Waals surface area contributed by atoms with E-state index >= 15 is 0 Å². The Morgan fingerprint density at radius 2 is 1.65 bits per heavy atom. The van der Waals surface area contributed by atoms with Crippen molar-refractivity contribution in [3.8, 4) is 11.5 Å². The molecule has 7 nitrogen and oxygen atoms in total. The summed E-state index contributed by atoms with van der Waals surface area (Å²) in [5.41, 5.74) is 2.28. The molecule has 3 aromatic carbocycles. The highest BCUT2D eigenvalue weighted by atomic mass is 35.5. The van der Waals surface area contributed by atoms with Gasteiger partial charge in [-0.15, -0.1) is 0 Å². The van der Waals surface area contributed by atoms with Crippen LogP contribution in [0.15, 0.2) is 72.8 Å². The van der Waals surface area contributed by atoms with Crippen molar-refractivity contribution in [1.82, 2.24) is 4.90 Å². The number of benzene rings is 3. The van der Waals surface area contributed by atoms with E-state index in [9.17, 15) is 9.59 Å². The highest BCUT2D eigenvalue weighted by Crippen LogP contribution is 2.22. The second-order valence-corrected chi connectivity index (χ2v) is 8.29. The Morgan fingerprint density at radius 1 is 0.912 bits per heavy atom. The fourth-order valence-electron chi connectivity index (χ4n) is 3.76. The molecule has 176 valence electrons. The maximum Gasteiger partial charge on any atom is 0.262 e. The standard InChI is InChI=1S/C26H26ClN3O4/c1-33-24-7-3-5-21(17-24)28-25(31)18-34-23-10-8-19(9-11-23)26(32)30-14-12-29(13-15-30)22-6-2-4-20(27)16-22/h2-11,16-17H,12-15,18H2,1H3,(H,28,31). The van der Waals surface area contributed by atoms with Gasteiger partial charge in [0.05, 0.1) is 7.11 Å². The highest BCUT2D eigenvalue weighted by molar-refractivity contribution is 6.30. The van der Waals surface area contributed by atoms with Crippen molar-refractivity contribution in [2.24, 2.45) is 0 Å². The lowest BCUT2D eigenvalue weighted by molar-refractivity contribution is -0.118. The number of ether oxygens (including phenoxy) is 2. The zero-order valence-electron chi connectivity index (χ0n) is 18.9. The number of carbonyl (C=O) groups excluding carboxylic acids is 2. The lowest BCUT2D eigenvalue weighted by Gasteiger charge is -2.36. The molecule has 0 aromatic heterocycles. The Balaban J connectivity index is 1.26. The van der Waals surface area contributed by atoms with Gasteiger partial charge in [-0.1, -0.05) is 23.7 Å². The van der Waals surface area contributed by atoms with Gasteiger partial charge in [-0.25, -0.2) is 0 Å². The number of amides is 2. The van der Waals surface area contributed by atoms with Gasteiger partial charge in [-0.3, -0.25) is 9.59 Å². The maximum absolute atomic E-state index is 12.9. The van der Waals surface area contributed by atoms with Crippen molar-refractivity contribution in [3.05, 3.63) is 83.4 Å². The summed E-state index contributed by atoms with van der Waals surface area (Å²) in [4.78, 5) is 29.1. The molecule has 1 aliphatic heterocycles. The van der Waals surface area contributed by atoms with Crippen LogP contribution in [0.5, 0.6) is 11.5 Å². The third-order valence-corrected chi connectivity index (χ3v) is 5.80. The molecule has 1 saturated heterocycles. The normalized spacial score (nSPS) is 13.4. The molecule has 4 rings (SSSR count). The fourth-order valence-corrected chi connectivity index (χ4v) is 3.95. The number of anilines is 2. The number of carbonyl (C=O) groups is 2. The molecule has 0 aliphatic carbocycles. The van der Waals surface area contributed by atoms with Gasteiger partial charge in [0.15, 0.2) is 6.61 Å². The second-order valence-electron chi connectivity index (χ2n) is 7.85. The fraction of sp³-hybridized carbons (Fsp3) is 0.231. The van der Waals surface area contributed by atoms with Crippen LogP contribution in [-0.4, -0.2) is 56.6 Å². The van der Waals surface area contributed by atoms with Crippen molar-refractivity contribution in [3.63, 3.8) is 0 Å². The van der Waals surface area contributed by atoms with E-state index in [1.54, 1.807) is 55.6 Å². The molecule has 0 atom stereocenters. The van der Waals surface area contributed by atoms with Gasteiger partial charge in [0, 0.05) is 54.2 Å². The number of halogens is 1. The first-order chi connectivity index (χ1) is 16.5. The summed E-state index contributed by atoms with van der Waals surface area (Å²) in [5.74, 6) is 0.868. The van der Waals surface area contributed by atoms with Crippen LogP contribution in [0.2, 0.25) is 5.02 Å². The topological polar surface area (TPSA) is 71.1 Å². The van der Waals surface area contributed by atoms with Crippen molar-refractivity contribution < 1.29 is 19.1 Å². The Kier molecular flexibility index (Phi) is 7.54. The molecule has 2 amide bonds. The highest BCUT2D eigenvalue weighted by Gasteiger charge is 2.22. The molecule has 0 unspecified atom stereocenters. The first-order valence-corrected chi connectivity index (χ1v) is 11.4. The molecule has 0 bridgehead atoms. The van der Waals surface area contributed by atoms with Crippen molar-refractivity contribution in [1.29, 1.82) is 0 Å². The molecule has 1 heterocycles. The molecular weight excluding hydrogens is 454 g/mol. The molecular formula is C26H26ClN3O4. The van der Waals surface area contributed by atoms with Gasteiger partial charge in [-0.2, -0.15) is 0 Å². The van der Waals surface area contributed by atoms with Gasteiger partial charge in [0.2, 0.25) is 0 Å². The van der Waals surface area contributed by atoms with Crippen LogP contribution in [0.4, 0.5) is 11.4 Å². The number of hydrogen-bond donors (Lipinski definition) is 1. The number of hydrogen-bond acceptors (Lipinski definition) is 5. The number of piperazine rings is 1. The largest absolute Gasteiger partial charge is 0.497 e. The Bertz CT molecular complexity index is 1140. The lowest BCUT2D eigenvalue weighted by atomic mass is 10.1. The van der Waals surface area contributed by atoms with E-state index in [4.69, 9.17) is 21.1 Å². The van der Waals surface area contributed by atoms with Gasteiger partial charge in [0.25, 0.3) is 11.8 Å². The quantitative estimate of drug-likeness (QED) is 0.546. The third-order valence-electron chi connectivity index (χ3n) is 5.56. The maximum atomic E-state index is 12.9. The molecule has 3 aromatic rings. The van der Waals surface area contributed by atoms with Crippen LogP contribution >= 0.6 is 11.6 Å². The van der Waals surface area contributed by atoms with Crippen LogP contribution in [0, 0.1) is 0 Å². The van der Waals surface area contributed by atoms with Crippen LogP contribution in [0.3, 0.4) is 0 Å². The number of methoxy groups -OCH3 is 1. The van der Waals surface area contributed by atoms with E-state index in [1.807, 2.05) is 29.2 Å². The molecule has 0 spiro atoms. The molecule has 1 aliphatic rings. The number of nitrogens with zero attached hydrogens (tertiary/aromatic N) is 2. The lowest BCUT2D eigenvalue weighted by Crippen LogP contribution is -2.48. The van der Waals surface area contributed by atoms with Crippen molar-refractivity contribution in [2.75, 3.05) is 50.1 Å². The van der Waals surface area contributed by atoms with Crippen molar-refractivity contribution >= 4 is 34.8 Å². The van der Waals surface area contributed by atoms with Gasteiger partial charge in [-0.05, 0) is 54.6 Å². The van der Waals surface area contributed by atoms with Crippen LogP contribution in [-0.2, 0) is 4.79 Å². The van der Waals surface area contributed by atoms with Crippen LogP contribution in [0.25, 0.3) is 0 Å². The summed E-state index contributed by atoms with van der Waals surface area (Å²) >= 11 is 6.10. The second kappa shape index (κ2) is 10.9. The Labute approximate surface area is 203 Å². The van der Waals surface area contributed by atoms with E-state index in [2.05, 4.69) is 10.2 Å². The first kappa shape index (κ1) is 23.4. The summed E-state index contributed by atoms with van der Waals surface area (Å²) in [6.07, 6.45) is 0. The SMILES string of the molecule is COc1cccc(NC(=O)COc2ccc(C(=O)N3CCN(c4cccc(Cl)c4)CC3)cc2)c1. The molecule has 0 radical (unpaired) electrons. The molecule has 1 N–H and O–H groups in total. The van der Waals surface area contributed by atoms with Gasteiger partial charge >= 0.3 is 0 Å². The molecule has 8 heteroatoms. The minimum absolute atomic E-state index is 0.0203. The van der Waals surface area contributed by atoms with E-state index in [-0.39, 0.29) is 18.4 Å². The zero-order valence-corrected chi connectivity index (χ0v) is 19.6. The molecule has 34 heavy (non-hydrogen) atoms. The van der Waals surface area contributed by atoms with Gasteiger partial charge in [0.1, 0.15) is 11.5 Å². The summed E-state index contributed by atoms with van der Waals surface area (Å²) in [6, 6.07) is 21.7. The summed E-state index contributed by atoms with van der Waals surface area (Å²) in [5, 5.41) is 3.47. The molecule has 1 fully saturated rings. The van der Waals surface area contributed by atoms with E-state index in [0.29, 0.717) is 40.9 Å². The van der Waals surface area contributed by atoms with Crippen LogP contribution in [0.1, 0.15) is 10.4 Å². The molecule has 0 saturated carbocycles. The summed E-state index contributed by atoms with van der Waals surface area (Å²) < 4.78 is 10.7. The Hall–Kier alpha value is -3.71. The monoisotopic (exact) mass is 479 g/mol. The third kappa shape index (κ3) is 5.99. The average Bonchev–Trinajstić information content (AvgIpc) is 2.87. The first-order valence-electron chi connectivity index (χ1n) is 11.0.